The minimum Gasteiger partial charge on any atom is -0.316 e. The lowest BCUT2D eigenvalue weighted by Gasteiger charge is -2.32. The van der Waals surface area contributed by atoms with Crippen LogP contribution in [0.3, 0.4) is 0 Å². The van der Waals surface area contributed by atoms with Crippen molar-refractivity contribution >= 4 is 11.6 Å². The van der Waals surface area contributed by atoms with Crippen molar-refractivity contribution in [3.8, 4) is 0 Å². The molecular weight excluding hydrogens is 225 g/mol. The van der Waals surface area contributed by atoms with Crippen LogP contribution in [0.4, 0.5) is 4.39 Å². The molecule has 2 rings (SSSR count). The fraction of sp³-hybridized carbons (Fsp3) is 0.538. The zero-order chi connectivity index (χ0) is 11.5. The summed E-state index contributed by atoms with van der Waals surface area (Å²) < 4.78 is 13.3. The Kier molecular flexibility index (Phi) is 3.82. The molecule has 2 unspecified atom stereocenters. The van der Waals surface area contributed by atoms with Crippen molar-refractivity contribution in [2.24, 2.45) is 5.92 Å². The molecule has 1 heterocycles. The topological polar surface area (TPSA) is 12.0 Å². The maximum atomic E-state index is 13.3. The highest BCUT2D eigenvalue weighted by molar-refractivity contribution is 6.31. The molecule has 1 aromatic rings. The van der Waals surface area contributed by atoms with Gasteiger partial charge < -0.3 is 5.32 Å². The van der Waals surface area contributed by atoms with Crippen LogP contribution in [0.2, 0.25) is 5.02 Å². The third-order valence-corrected chi connectivity index (χ3v) is 3.83. The van der Waals surface area contributed by atoms with Gasteiger partial charge in [0.05, 0.1) is 0 Å². The van der Waals surface area contributed by atoms with Crippen molar-refractivity contribution in [2.75, 3.05) is 13.1 Å². The number of benzene rings is 1. The summed E-state index contributed by atoms with van der Waals surface area (Å²) in [6, 6.07) is 4.69. The van der Waals surface area contributed by atoms with E-state index >= 15 is 0 Å². The van der Waals surface area contributed by atoms with Gasteiger partial charge >= 0.3 is 0 Å². The van der Waals surface area contributed by atoms with Gasteiger partial charge in [-0.25, -0.2) is 4.39 Å². The highest BCUT2D eigenvalue weighted by atomic mass is 35.5. The maximum absolute atomic E-state index is 13.3. The molecule has 0 spiro atoms. The first-order valence-electron chi connectivity index (χ1n) is 5.88. The molecule has 1 aliphatic rings. The number of rotatable bonds is 2. The molecule has 1 aliphatic heterocycles. The van der Waals surface area contributed by atoms with Crippen LogP contribution in [0.1, 0.15) is 31.2 Å². The molecule has 1 nitrogen and oxygen atoms in total. The Hall–Kier alpha value is -0.600. The molecule has 2 atom stereocenters. The van der Waals surface area contributed by atoms with Crippen molar-refractivity contribution in [3.05, 3.63) is 34.6 Å². The predicted molar refractivity (Wildman–Crippen MR) is 65.4 cm³/mol. The molecule has 1 N–H and O–H groups in total. The van der Waals surface area contributed by atoms with E-state index in [1.165, 1.54) is 6.07 Å². The smallest absolute Gasteiger partial charge is 0.123 e. The molecule has 1 aromatic carbocycles. The van der Waals surface area contributed by atoms with Gasteiger partial charge in [0.15, 0.2) is 0 Å². The maximum Gasteiger partial charge on any atom is 0.123 e. The van der Waals surface area contributed by atoms with Gasteiger partial charge in [-0.3, -0.25) is 0 Å². The summed E-state index contributed by atoms with van der Waals surface area (Å²) in [7, 11) is 0. The normalized spacial score (nSPS) is 25.7. The second kappa shape index (κ2) is 5.15. The minimum atomic E-state index is -0.187. The first-order valence-corrected chi connectivity index (χ1v) is 6.25. The van der Waals surface area contributed by atoms with Crippen molar-refractivity contribution in [1.82, 2.24) is 5.32 Å². The van der Waals surface area contributed by atoms with Gasteiger partial charge in [-0.2, -0.15) is 0 Å². The summed E-state index contributed by atoms with van der Waals surface area (Å²) in [4.78, 5) is 0. The lowest BCUT2D eigenvalue weighted by Crippen LogP contribution is -2.35. The second-order valence-electron chi connectivity index (χ2n) is 4.43. The van der Waals surface area contributed by atoms with E-state index in [2.05, 4.69) is 12.2 Å². The Bertz CT molecular complexity index is 367. The number of halogens is 2. The largest absolute Gasteiger partial charge is 0.316 e. The molecule has 0 saturated carbocycles. The van der Waals surface area contributed by atoms with E-state index in [9.17, 15) is 4.39 Å². The quantitative estimate of drug-likeness (QED) is 0.835. The van der Waals surface area contributed by atoms with Crippen LogP contribution in [0, 0.1) is 11.7 Å². The van der Waals surface area contributed by atoms with Crippen LogP contribution in [-0.4, -0.2) is 13.1 Å². The Morgan fingerprint density at radius 2 is 2.31 bits per heavy atom. The van der Waals surface area contributed by atoms with Gasteiger partial charge in [0.2, 0.25) is 0 Å². The van der Waals surface area contributed by atoms with Crippen molar-refractivity contribution in [3.63, 3.8) is 0 Å². The van der Waals surface area contributed by atoms with Crippen LogP contribution >= 0.6 is 11.6 Å². The van der Waals surface area contributed by atoms with E-state index in [1.807, 2.05) is 0 Å². The second-order valence-corrected chi connectivity index (χ2v) is 4.84. The average Bonchev–Trinajstić information content (AvgIpc) is 2.32. The molecule has 16 heavy (non-hydrogen) atoms. The first kappa shape index (κ1) is 11.9. The standard InChI is InChI=1S/C13H17ClFN/c1-2-9-8-16-6-5-11(9)12-7-10(15)3-4-13(12)14/h3-4,7,9,11,16H,2,5-6,8H2,1H3. The lowest BCUT2D eigenvalue weighted by atomic mass is 9.80. The summed E-state index contributed by atoms with van der Waals surface area (Å²) in [5, 5.41) is 4.08. The van der Waals surface area contributed by atoms with E-state index in [1.54, 1.807) is 12.1 Å². The van der Waals surface area contributed by atoms with Crippen LogP contribution in [-0.2, 0) is 0 Å². The highest BCUT2D eigenvalue weighted by Gasteiger charge is 2.26. The van der Waals surface area contributed by atoms with E-state index in [0.717, 1.165) is 31.5 Å². The van der Waals surface area contributed by atoms with Crippen molar-refractivity contribution < 1.29 is 4.39 Å². The summed E-state index contributed by atoms with van der Waals surface area (Å²) in [5.74, 6) is 0.773. The van der Waals surface area contributed by atoms with Crippen molar-refractivity contribution in [1.29, 1.82) is 0 Å². The average molecular weight is 242 g/mol. The number of nitrogens with one attached hydrogen (secondary N) is 1. The zero-order valence-corrected chi connectivity index (χ0v) is 10.2. The number of hydrogen-bond donors (Lipinski definition) is 1. The van der Waals surface area contributed by atoms with Crippen molar-refractivity contribution in [2.45, 2.75) is 25.7 Å². The monoisotopic (exact) mass is 241 g/mol. The molecule has 3 heteroatoms. The molecule has 0 aliphatic carbocycles. The van der Waals surface area contributed by atoms with Crippen LogP contribution in [0.5, 0.6) is 0 Å². The number of piperidine rings is 1. The van der Waals surface area contributed by atoms with Gasteiger partial charge in [0.1, 0.15) is 5.82 Å². The Morgan fingerprint density at radius 3 is 3.06 bits per heavy atom. The third-order valence-electron chi connectivity index (χ3n) is 3.49. The van der Waals surface area contributed by atoms with Gasteiger partial charge in [0, 0.05) is 5.02 Å². The van der Waals surface area contributed by atoms with Crippen LogP contribution in [0.15, 0.2) is 18.2 Å². The molecule has 0 amide bonds. The molecular formula is C13H17ClFN. The van der Waals surface area contributed by atoms with E-state index in [4.69, 9.17) is 11.6 Å². The zero-order valence-electron chi connectivity index (χ0n) is 9.47. The molecule has 0 aromatic heterocycles. The fourth-order valence-electron chi connectivity index (χ4n) is 2.56. The molecule has 1 fully saturated rings. The number of hydrogen-bond acceptors (Lipinski definition) is 1. The third kappa shape index (κ3) is 2.38. The van der Waals surface area contributed by atoms with Gasteiger partial charge in [-0.1, -0.05) is 24.9 Å². The lowest BCUT2D eigenvalue weighted by molar-refractivity contribution is 0.317. The van der Waals surface area contributed by atoms with Gasteiger partial charge in [0.25, 0.3) is 0 Å². The Labute approximate surface area is 101 Å². The predicted octanol–water partition coefficient (Wildman–Crippen LogP) is 3.58. The van der Waals surface area contributed by atoms with Gasteiger partial charge in [-0.05, 0) is 55.1 Å². The Morgan fingerprint density at radius 1 is 1.50 bits per heavy atom. The Balaban J connectivity index is 2.30. The minimum absolute atomic E-state index is 0.187. The molecule has 88 valence electrons. The fourth-order valence-corrected chi connectivity index (χ4v) is 2.82. The molecule has 0 bridgehead atoms. The highest BCUT2D eigenvalue weighted by Crippen LogP contribution is 2.36. The summed E-state index contributed by atoms with van der Waals surface area (Å²) in [5.41, 5.74) is 0.981. The van der Waals surface area contributed by atoms with E-state index < -0.39 is 0 Å². The van der Waals surface area contributed by atoms with E-state index in [0.29, 0.717) is 16.9 Å². The summed E-state index contributed by atoms with van der Waals surface area (Å²) in [6.07, 6.45) is 2.15. The molecule has 1 saturated heterocycles. The van der Waals surface area contributed by atoms with Crippen LogP contribution in [0.25, 0.3) is 0 Å². The SMILES string of the molecule is CCC1CNCCC1c1cc(F)ccc1Cl. The van der Waals surface area contributed by atoms with Gasteiger partial charge in [-0.15, -0.1) is 0 Å². The summed E-state index contributed by atoms with van der Waals surface area (Å²) in [6.45, 7) is 4.18. The van der Waals surface area contributed by atoms with Crippen LogP contribution < -0.4 is 5.32 Å². The summed E-state index contributed by atoms with van der Waals surface area (Å²) >= 11 is 6.16. The van der Waals surface area contributed by atoms with E-state index in [-0.39, 0.29) is 5.82 Å². The molecule has 0 radical (unpaired) electrons. The first-order chi connectivity index (χ1) is 7.72.